The van der Waals surface area contributed by atoms with E-state index < -0.39 is 0 Å². The van der Waals surface area contributed by atoms with E-state index in [4.69, 9.17) is 4.74 Å². The van der Waals surface area contributed by atoms with Gasteiger partial charge in [-0.15, -0.1) is 12.4 Å². The number of likely N-dealkylation sites (tertiary alicyclic amines) is 1. The van der Waals surface area contributed by atoms with Crippen LogP contribution in [0.25, 0.3) is 0 Å². The van der Waals surface area contributed by atoms with Crippen molar-refractivity contribution in [2.24, 2.45) is 0 Å². The second-order valence-electron chi connectivity index (χ2n) is 8.46. The lowest BCUT2D eigenvalue weighted by Gasteiger charge is -2.37. The van der Waals surface area contributed by atoms with Crippen LogP contribution >= 0.6 is 12.4 Å². The largest absolute Gasteiger partial charge is 0.489 e. The summed E-state index contributed by atoms with van der Waals surface area (Å²) in [5.41, 5.74) is 0.833. The number of amides is 2. The summed E-state index contributed by atoms with van der Waals surface area (Å²) in [6, 6.07) is 4.73. The summed E-state index contributed by atoms with van der Waals surface area (Å²) >= 11 is 0. The molecule has 0 radical (unpaired) electrons. The summed E-state index contributed by atoms with van der Waals surface area (Å²) < 4.78 is 19.7. The SMILES string of the molecule is CC(C)Oc1ccc(F)cc1N1CCN(CCCCCN2C(=O)CCCC2=O)CC1.Cl. The Balaban J connectivity index is 0.00000341. The lowest BCUT2D eigenvalue weighted by molar-refractivity contribution is -0.148. The average Bonchev–Trinajstić information content (AvgIpc) is 2.71. The summed E-state index contributed by atoms with van der Waals surface area (Å²) in [4.78, 5) is 29.7. The standard InChI is InChI=1S/C23H34FN3O3.ClH/c1-18(2)30-21-10-9-19(24)17-20(21)26-15-13-25(14-16-26)11-4-3-5-12-27-22(28)7-6-8-23(27)29;/h9-10,17-18H,3-8,11-16H2,1-2H3;1H. The number of imide groups is 1. The molecule has 6 nitrogen and oxygen atoms in total. The molecule has 0 saturated carbocycles. The molecule has 0 unspecified atom stereocenters. The molecule has 2 heterocycles. The van der Waals surface area contributed by atoms with E-state index >= 15 is 0 Å². The molecule has 3 rings (SSSR count). The Hall–Kier alpha value is -1.86. The minimum Gasteiger partial charge on any atom is -0.489 e. The van der Waals surface area contributed by atoms with E-state index in [2.05, 4.69) is 9.80 Å². The topological polar surface area (TPSA) is 53.1 Å². The first-order valence-corrected chi connectivity index (χ1v) is 11.2. The number of unbranched alkanes of at least 4 members (excludes halogenated alkanes) is 2. The fraction of sp³-hybridized carbons (Fsp3) is 0.652. The Kier molecular flexibility index (Phi) is 10.0. The molecule has 8 heteroatoms. The fourth-order valence-corrected chi connectivity index (χ4v) is 4.13. The molecule has 0 aliphatic carbocycles. The quantitative estimate of drug-likeness (QED) is 0.418. The number of carbonyl (C=O) groups excluding carboxylic acids is 2. The predicted octanol–water partition coefficient (Wildman–Crippen LogP) is 3.87. The zero-order chi connectivity index (χ0) is 21.5. The summed E-state index contributed by atoms with van der Waals surface area (Å²) in [6.07, 6.45) is 4.69. The first-order chi connectivity index (χ1) is 14.4. The van der Waals surface area contributed by atoms with Gasteiger partial charge in [0.1, 0.15) is 11.6 Å². The summed E-state index contributed by atoms with van der Waals surface area (Å²) in [5.74, 6) is 0.469. The molecular weight excluding hydrogens is 421 g/mol. The predicted molar refractivity (Wildman–Crippen MR) is 122 cm³/mol. The molecule has 2 saturated heterocycles. The van der Waals surface area contributed by atoms with Crippen LogP contribution < -0.4 is 9.64 Å². The van der Waals surface area contributed by atoms with Gasteiger partial charge in [-0.25, -0.2) is 4.39 Å². The Labute approximate surface area is 191 Å². The van der Waals surface area contributed by atoms with Crippen molar-refractivity contribution in [1.29, 1.82) is 0 Å². The van der Waals surface area contributed by atoms with Gasteiger partial charge in [0.2, 0.25) is 11.8 Å². The van der Waals surface area contributed by atoms with Gasteiger partial charge in [-0.3, -0.25) is 19.4 Å². The number of benzene rings is 1. The van der Waals surface area contributed by atoms with Crippen molar-refractivity contribution in [3.63, 3.8) is 0 Å². The smallest absolute Gasteiger partial charge is 0.229 e. The Morgan fingerprint density at radius 3 is 2.26 bits per heavy atom. The molecule has 2 aliphatic heterocycles. The maximum Gasteiger partial charge on any atom is 0.229 e. The summed E-state index contributed by atoms with van der Waals surface area (Å²) in [7, 11) is 0. The molecule has 0 bridgehead atoms. The number of carbonyl (C=O) groups is 2. The van der Waals surface area contributed by atoms with Crippen LogP contribution in [0.4, 0.5) is 10.1 Å². The second-order valence-corrected chi connectivity index (χ2v) is 8.46. The highest BCUT2D eigenvalue weighted by molar-refractivity contribution is 5.97. The van der Waals surface area contributed by atoms with E-state index in [1.54, 1.807) is 12.1 Å². The highest BCUT2D eigenvalue weighted by atomic mass is 35.5. The van der Waals surface area contributed by atoms with E-state index in [-0.39, 0.29) is 36.1 Å². The number of piperazine rings is 1. The van der Waals surface area contributed by atoms with Crippen molar-refractivity contribution < 1.29 is 18.7 Å². The highest BCUT2D eigenvalue weighted by Crippen LogP contribution is 2.31. The maximum absolute atomic E-state index is 13.8. The van der Waals surface area contributed by atoms with Gasteiger partial charge < -0.3 is 9.64 Å². The molecule has 1 aromatic rings. The van der Waals surface area contributed by atoms with Crippen molar-refractivity contribution in [2.45, 2.75) is 58.5 Å². The van der Waals surface area contributed by atoms with Crippen LogP contribution in [0, 0.1) is 5.82 Å². The third-order valence-corrected chi connectivity index (χ3v) is 5.74. The third kappa shape index (κ3) is 7.35. The molecule has 0 N–H and O–H groups in total. The number of halogens is 2. The zero-order valence-electron chi connectivity index (χ0n) is 18.6. The lowest BCUT2D eigenvalue weighted by Crippen LogP contribution is -2.46. The van der Waals surface area contributed by atoms with Gasteiger partial charge in [-0.1, -0.05) is 6.42 Å². The minimum absolute atomic E-state index is 0. The first kappa shape index (κ1) is 25.4. The van der Waals surface area contributed by atoms with E-state index in [0.29, 0.717) is 25.8 Å². The van der Waals surface area contributed by atoms with E-state index in [1.165, 1.54) is 11.0 Å². The number of ether oxygens (including phenoxy) is 1. The summed E-state index contributed by atoms with van der Waals surface area (Å²) in [5, 5.41) is 0. The molecule has 2 amide bonds. The van der Waals surface area contributed by atoms with Crippen LogP contribution in [0.5, 0.6) is 5.75 Å². The maximum atomic E-state index is 13.8. The first-order valence-electron chi connectivity index (χ1n) is 11.2. The molecule has 174 valence electrons. The number of anilines is 1. The zero-order valence-corrected chi connectivity index (χ0v) is 19.5. The molecule has 1 aromatic carbocycles. The number of hydrogen-bond donors (Lipinski definition) is 0. The van der Waals surface area contributed by atoms with E-state index in [1.807, 2.05) is 13.8 Å². The van der Waals surface area contributed by atoms with Crippen LogP contribution in [0.3, 0.4) is 0 Å². The normalized spacial score (nSPS) is 17.8. The lowest BCUT2D eigenvalue weighted by atomic mass is 10.1. The van der Waals surface area contributed by atoms with Crippen LogP contribution in [0.15, 0.2) is 18.2 Å². The molecule has 2 aliphatic rings. The van der Waals surface area contributed by atoms with E-state index in [9.17, 15) is 14.0 Å². The molecular formula is C23H35ClFN3O3. The Morgan fingerprint density at radius 2 is 1.61 bits per heavy atom. The van der Waals surface area contributed by atoms with Crippen molar-refractivity contribution in [1.82, 2.24) is 9.80 Å². The monoisotopic (exact) mass is 455 g/mol. The molecule has 0 atom stereocenters. The van der Waals surface area contributed by atoms with Gasteiger partial charge in [-0.2, -0.15) is 0 Å². The van der Waals surface area contributed by atoms with Crippen molar-refractivity contribution in [3.8, 4) is 5.75 Å². The van der Waals surface area contributed by atoms with Crippen LogP contribution in [0.1, 0.15) is 52.4 Å². The van der Waals surface area contributed by atoms with Gasteiger partial charge in [0.25, 0.3) is 0 Å². The van der Waals surface area contributed by atoms with Crippen molar-refractivity contribution in [3.05, 3.63) is 24.0 Å². The van der Waals surface area contributed by atoms with Gasteiger partial charge >= 0.3 is 0 Å². The molecule has 0 aromatic heterocycles. The van der Waals surface area contributed by atoms with Crippen molar-refractivity contribution in [2.75, 3.05) is 44.2 Å². The number of hydrogen-bond acceptors (Lipinski definition) is 5. The molecule has 31 heavy (non-hydrogen) atoms. The molecule has 2 fully saturated rings. The van der Waals surface area contributed by atoms with Crippen LogP contribution in [-0.2, 0) is 9.59 Å². The second kappa shape index (κ2) is 12.2. The summed E-state index contributed by atoms with van der Waals surface area (Å²) in [6.45, 7) is 9.06. The van der Waals surface area contributed by atoms with Gasteiger partial charge in [0.05, 0.1) is 11.8 Å². The van der Waals surface area contributed by atoms with Gasteiger partial charge in [0.15, 0.2) is 0 Å². The van der Waals surface area contributed by atoms with Gasteiger partial charge in [-0.05, 0) is 51.8 Å². The number of piperidine rings is 1. The third-order valence-electron chi connectivity index (χ3n) is 5.74. The Bertz CT molecular complexity index is 723. The Morgan fingerprint density at radius 1 is 0.968 bits per heavy atom. The van der Waals surface area contributed by atoms with Crippen molar-refractivity contribution >= 4 is 29.9 Å². The molecule has 0 spiro atoms. The highest BCUT2D eigenvalue weighted by Gasteiger charge is 2.25. The van der Waals surface area contributed by atoms with E-state index in [0.717, 1.165) is 63.4 Å². The number of rotatable bonds is 9. The minimum atomic E-state index is -0.241. The average molecular weight is 456 g/mol. The van der Waals surface area contributed by atoms with Crippen LogP contribution in [0.2, 0.25) is 0 Å². The number of nitrogens with zero attached hydrogens (tertiary/aromatic N) is 3. The van der Waals surface area contributed by atoms with Crippen LogP contribution in [-0.4, -0.2) is 67.0 Å². The van der Waals surface area contributed by atoms with Gasteiger partial charge in [0, 0.05) is 51.6 Å². The fourth-order valence-electron chi connectivity index (χ4n) is 4.13.